The van der Waals surface area contributed by atoms with Gasteiger partial charge in [0.05, 0.1) is 6.61 Å². The van der Waals surface area contributed by atoms with E-state index in [0.29, 0.717) is 56.1 Å². The van der Waals surface area contributed by atoms with Gasteiger partial charge in [0, 0.05) is 75.4 Å². The number of guanidine groups is 1. The second-order valence-electron chi connectivity index (χ2n) is 36.8. The molecule has 776 valence electrons. The molecule has 0 bridgehead atoms. The lowest BCUT2D eigenvalue weighted by Gasteiger charge is -2.33. The number of rotatable bonds is 39. The van der Waals surface area contributed by atoms with Crippen molar-refractivity contribution in [1.82, 2.24) is 94.0 Å². The summed E-state index contributed by atoms with van der Waals surface area (Å²) in [5, 5.41) is 66.3. The Bertz CT molecular complexity index is 4620. The normalized spacial score (nSPS) is 24.1. The number of unbranched alkanes of at least 4 members (excludes halogenated alkanes) is 3. The number of fused-ring (bicyclic) bond motifs is 1. The summed E-state index contributed by atoms with van der Waals surface area (Å²) < 4.78 is 0. The summed E-state index contributed by atoms with van der Waals surface area (Å²) in [6.07, 6.45) is 1.79. The zero-order chi connectivity index (χ0) is 103. The summed E-state index contributed by atoms with van der Waals surface area (Å²) in [6.45, 7) is 10.8. The lowest BCUT2D eigenvalue weighted by molar-refractivity contribution is -0.148. The van der Waals surface area contributed by atoms with Gasteiger partial charge in [-0.15, -0.1) is 0 Å². The number of aliphatic hydroxyl groups excluding tert-OH is 1. The molecule has 5 aliphatic heterocycles. The third-order valence-electron chi connectivity index (χ3n) is 25.0. The Labute approximate surface area is 828 Å². The average Bonchev–Trinajstić information content (AvgIpc) is 1.65. The van der Waals surface area contributed by atoms with Gasteiger partial charge in [0.15, 0.2) is 5.96 Å². The van der Waals surface area contributed by atoms with Crippen LogP contribution in [-0.2, 0) is 104 Å². The molecule has 25 N–H and O–H groups in total. The van der Waals surface area contributed by atoms with Gasteiger partial charge in [-0.3, -0.25) is 96.5 Å². The maximum absolute atomic E-state index is 15.7. The number of amides is 18. The van der Waals surface area contributed by atoms with Gasteiger partial charge in [-0.05, 0) is 184 Å². The molecule has 140 heavy (non-hydrogen) atoms. The molecule has 47 heteroatoms. The second-order valence-corrected chi connectivity index (χ2v) is 39.9. The molecule has 0 radical (unpaired) electrons. The third kappa shape index (κ3) is 36.2. The highest BCUT2D eigenvalue weighted by molar-refractivity contribution is 8.76. The molecule has 18 amide bonds. The number of nitrogens with zero attached hydrogens (tertiary/aromatic N) is 4. The molecule has 2 aromatic rings. The molecule has 5 fully saturated rings. The van der Waals surface area contributed by atoms with E-state index in [4.69, 9.17) is 39.9 Å². The second kappa shape index (κ2) is 58.7. The number of likely N-dealkylation sites (tertiary alicyclic amines) is 3. The summed E-state index contributed by atoms with van der Waals surface area (Å²) in [6, 6.07) is -9.66. The van der Waals surface area contributed by atoms with Gasteiger partial charge in [0.1, 0.15) is 103 Å². The molecule has 17 atom stereocenters. The molecular formula is C93H144ClN23O21S2. The molecular weight excluding hydrogens is 1870 g/mol. The van der Waals surface area contributed by atoms with Gasteiger partial charge in [0.2, 0.25) is 106 Å². The van der Waals surface area contributed by atoms with Crippen LogP contribution in [-0.4, -0.2) is 315 Å². The smallest absolute Gasteiger partial charge is 0.303 e. The first-order valence-corrected chi connectivity index (χ1v) is 51.3. The van der Waals surface area contributed by atoms with Gasteiger partial charge in [-0.25, -0.2) is 0 Å². The van der Waals surface area contributed by atoms with E-state index >= 15 is 33.6 Å². The van der Waals surface area contributed by atoms with E-state index in [-0.39, 0.29) is 166 Å². The van der Waals surface area contributed by atoms with Crippen molar-refractivity contribution in [3.05, 3.63) is 70.7 Å². The number of halogens is 1. The molecule has 0 spiro atoms. The average molecular weight is 2020 g/mol. The van der Waals surface area contributed by atoms with Crippen molar-refractivity contribution in [2.45, 2.75) is 312 Å². The Morgan fingerprint density at radius 3 is 1.71 bits per heavy atom. The molecule has 0 aromatic heterocycles. The minimum Gasteiger partial charge on any atom is -0.481 e. The molecule has 44 nitrogen and oxygen atoms in total. The van der Waals surface area contributed by atoms with Gasteiger partial charge in [0.25, 0.3) is 0 Å². The molecule has 5 heterocycles. The van der Waals surface area contributed by atoms with E-state index < -0.39 is 252 Å². The number of carboxylic acid groups (broad SMARTS) is 1. The zero-order valence-corrected chi connectivity index (χ0v) is 83.2. The van der Waals surface area contributed by atoms with Crippen LogP contribution in [0.2, 0.25) is 5.02 Å². The standard InChI is InChI=1S/C93H144ClN23O21S2/c1-8-9-27-63-89(135)114-41-19-31-70(114)86(132)101-54(6)77(123)112-68(50-118)84(130)110-66(48-56-23-11-10-12-24-56)83(129)113-69(85(131)108-64(29-14-16-39-96)90(136)117-44-22-34-73(117)91(137)115-42-20-32-71(115)87(133)103-59(76(97)122)35-36-74(120)121)51-140-139-45-37-62(80(126)109-65(46-52(2)3)81(127)105-61(30-18-40-100-93(98)99)78(124)104-60(79(125)107-63)28-13-15-38-95)106-82(128)67(49-57-25-17-26-58(94)47-57)111-88(134)72-33-21-43-116(72)92(138)75(53(4)5)102-55(7)119/h10-12,17,23-26,47,52-54,59-73,75,118H,8-9,13-16,18-22,27-46,48-51,95-96H2,1-7H3,(H2,97,122)(H,101,132)(H,102,119)(H,103,133)(H,104,124)(H,105,127)(H,106,128)(H,107,125)(H,108,131)(H,109,126)(H,110,130)(H,111,134)(H,112,123)(H,113,129)(H,120,121)(H4,98,99,100)/t54-,59-,60-,61?,62?,63-,64-,65-,66?,67-,68-,69-,70-,71-,72-,73-,75-/m0/s1. The summed E-state index contributed by atoms with van der Waals surface area (Å²) >= 11 is 6.54. The predicted octanol–water partition coefficient (Wildman–Crippen LogP) is -2.03. The number of hydrogen-bond donors (Lipinski definition) is 21. The highest BCUT2D eigenvalue weighted by Gasteiger charge is 2.48. The number of primary amides is 1. The molecule has 7 rings (SSSR count). The minimum atomic E-state index is -1.84. The quantitative estimate of drug-likeness (QED) is 0.0149. The number of carbonyl (C=O) groups is 19. The number of carboxylic acids is 1. The minimum absolute atomic E-state index is 0.00894. The van der Waals surface area contributed by atoms with E-state index in [1.165, 1.54) is 33.4 Å². The zero-order valence-electron chi connectivity index (χ0n) is 80.9. The first-order chi connectivity index (χ1) is 66.7. The summed E-state index contributed by atoms with van der Waals surface area (Å²) in [5.41, 5.74) is 24.1. The number of aliphatic hydroxyl groups is 1. The maximum atomic E-state index is 15.7. The lowest BCUT2D eigenvalue weighted by atomic mass is 10.0. The van der Waals surface area contributed by atoms with Crippen LogP contribution in [0.15, 0.2) is 54.6 Å². The molecule has 3 unspecified atom stereocenters. The van der Waals surface area contributed by atoms with Gasteiger partial charge in [-0.2, -0.15) is 0 Å². The van der Waals surface area contributed by atoms with Crippen molar-refractivity contribution in [3.8, 4) is 0 Å². The Hall–Kier alpha value is -11.5. The molecule has 0 saturated carbocycles. The van der Waals surface area contributed by atoms with Crippen LogP contribution in [0.4, 0.5) is 0 Å². The molecule has 5 saturated heterocycles. The fourth-order valence-corrected chi connectivity index (χ4v) is 19.9. The number of nitrogens with two attached hydrogens (primary N) is 4. The van der Waals surface area contributed by atoms with E-state index in [1.54, 1.807) is 82.3 Å². The van der Waals surface area contributed by atoms with Crippen LogP contribution in [0, 0.1) is 17.2 Å². The topological polar surface area (TPSA) is 674 Å². The van der Waals surface area contributed by atoms with Crippen molar-refractivity contribution in [2.24, 2.45) is 34.8 Å². The predicted molar refractivity (Wildman–Crippen MR) is 522 cm³/mol. The van der Waals surface area contributed by atoms with E-state index in [0.717, 1.165) is 21.6 Å². The molecule has 5 aliphatic rings. The number of hydrogen-bond acceptors (Lipinski definition) is 25. The van der Waals surface area contributed by atoms with Crippen molar-refractivity contribution >= 4 is 151 Å². The first kappa shape index (κ1) is 115. The number of benzene rings is 2. The van der Waals surface area contributed by atoms with Crippen LogP contribution in [0.3, 0.4) is 0 Å². The Balaban J connectivity index is 1.34. The summed E-state index contributed by atoms with van der Waals surface area (Å²) in [5.74, 6) is -18.2. The van der Waals surface area contributed by atoms with E-state index in [1.807, 2.05) is 6.92 Å². The fraction of sp³-hybridized carbons (Fsp3) is 0.656. The van der Waals surface area contributed by atoms with Gasteiger partial charge >= 0.3 is 5.97 Å². The van der Waals surface area contributed by atoms with Crippen LogP contribution >= 0.6 is 33.2 Å². The lowest BCUT2D eigenvalue weighted by Crippen LogP contribution is -2.61. The first-order valence-electron chi connectivity index (χ1n) is 48.5. The van der Waals surface area contributed by atoms with E-state index in [9.17, 15) is 67.7 Å². The monoisotopic (exact) mass is 2020 g/mol. The number of carbonyl (C=O) groups excluding carboxylic acids is 18. The third-order valence-corrected chi connectivity index (χ3v) is 27.7. The van der Waals surface area contributed by atoms with Crippen molar-refractivity contribution in [1.29, 1.82) is 5.41 Å². The number of nitrogens with one attached hydrogen (secondary N) is 15. The highest BCUT2D eigenvalue weighted by Crippen LogP contribution is 2.30. The summed E-state index contributed by atoms with van der Waals surface area (Å²) in [7, 11) is 1.93. The fourth-order valence-electron chi connectivity index (χ4n) is 17.5. The van der Waals surface area contributed by atoms with Crippen molar-refractivity contribution in [2.75, 3.05) is 63.9 Å². The Morgan fingerprint density at radius 2 is 1.10 bits per heavy atom. The largest absolute Gasteiger partial charge is 0.481 e. The van der Waals surface area contributed by atoms with Crippen LogP contribution in [0.25, 0.3) is 0 Å². The maximum Gasteiger partial charge on any atom is 0.303 e. The van der Waals surface area contributed by atoms with Gasteiger partial charge < -0.3 is 127 Å². The SMILES string of the molecule is CCCC[C@@H]1NC(=O)[C@H](CCCCN)NC(=O)C(CCCNC(=N)N)NC(=O)[C@H](CC(C)C)NC(=O)C(NC(=O)[C@H](Cc2cccc(Cl)c2)NC(=O)[C@@H]2CCCN2C(=O)[C@@H](NC(C)=O)C(C)C)CCSSC[C@@H](C(=O)N[C@@H](CCCCN)C(=O)N2CCC[C@H]2C(=O)N2CCC[C@H]2C(=O)N[C@@H](CCC(=O)O)C(N)=O)NC(=O)C(Cc2ccccc2)NC(=O)[C@H](CO)NC(=O)[C@H](C)NC(=O)[C@@H]2CCCN2C1=O. The Kier molecular flexibility index (Phi) is 48.4. The highest BCUT2D eigenvalue weighted by atomic mass is 35.5. The Morgan fingerprint density at radius 1 is 0.550 bits per heavy atom. The van der Waals surface area contributed by atoms with Crippen molar-refractivity contribution < 1.29 is 101 Å². The van der Waals surface area contributed by atoms with Gasteiger partial charge in [-0.1, -0.05) is 123 Å². The summed E-state index contributed by atoms with van der Waals surface area (Å²) in [4.78, 5) is 281. The van der Waals surface area contributed by atoms with Crippen LogP contribution in [0.1, 0.15) is 207 Å². The molecule has 2 aromatic carbocycles. The molecule has 0 aliphatic carbocycles. The van der Waals surface area contributed by atoms with Crippen molar-refractivity contribution in [3.63, 3.8) is 0 Å². The van der Waals surface area contributed by atoms with Crippen LogP contribution in [0.5, 0.6) is 0 Å². The number of aliphatic carboxylic acids is 1. The van der Waals surface area contributed by atoms with E-state index in [2.05, 4.69) is 74.4 Å². The van der Waals surface area contributed by atoms with Crippen LogP contribution < -0.4 is 97.4 Å².